The molecule has 2 aromatic carbocycles. The number of nitrogens with zero attached hydrogens (tertiary/aromatic N) is 2. The van der Waals surface area contributed by atoms with Crippen molar-refractivity contribution in [3.05, 3.63) is 101 Å². The molecule has 208 valence electrons. The number of carbonyl (C=O) groups excluding carboxylic acids is 1. The molecule has 0 bridgehead atoms. The lowest BCUT2D eigenvalue weighted by molar-refractivity contribution is -0.161. The fourth-order valence-corrected chi connectivity index (χ4v) is 6.06. The Bertz CT molecular complexity index is 1530. The van der Waals surface area contributed by atoms with Crippen LogP contribution in [0.25, 0.3) is 0 Å². The maximum atomic E-state index is 13.0. The van der Waals surface area contributed by atoms with E-state index < -0.39 is 21.6 Å². The summed E-state index contributed by atoms with van der Waals surface area (Å²) in [5.74, 6) is -0.356. The van der Waals surface area contributed by atoms with Gasteiger partial charge in [-0.2, -0.15) is 13.7 Å². The second kappa shape index (κ2) is 12.8. The van der Waals surface area contributed by atoms with Gasteiger partial charge in [-0.05, 0) is 73.9 Å². The molecule has 1 aliphatic rings. The number of pyridine rings is 1. The van der Waals surface area contributed by atoms with Gasteiger partial charge in [0.05, 0.1) is 17.2 Å². The number of nitriles is 1. The SMILES string of the molecule is CCCC1(CCc2ccccc2)CC(O)=C(CCCc2cccc(NS(=O)(=O)c3cc(C#N)ccn3)c2)C(=O)O1. The van der Waals surface area contributed by atoms with Crippen molar-refractivity contribution in [2.45, 2.75) is 68.9 Å². The molecule has 8 nitrogen and oxygen atoms in total. The number of ether oxygens (including phenoxy) is 1. The number of aliphatic hydroxyl groups excluding tert-OH is 1. The van der Waals surface area contributed by atoms with Crippen molar-refractivity contribution in [2.24, 2.45) is 0 Å². The first-order valence-corrected chi connectivity index (χ1v) is 14.9. The van der Waals surface area contributed by atoms with Crippen LogP contribution >= 0.6 is 0 Å². The number of sulfonamides is 1. The molecular weight excluding hydrogens is 526 g/mol. The zero-order valence-corrected chi connectivity index (χ0v) is 23.3. The first kappa shape index (κ1) is 28.8. The molecule has 1 atom stereocenters. The summed E-state index contributed by atoms with van der Waals surface area (Å²) >= 11 is 0. The summed E-state index contributed by atoms with van der Waals surface area (Å²) in [5.41, 5.74) is 2.20. The van der Waals surface area contributed by atoms with Crippen LogP contribution in [0.4, 0.5) is 5.69 Å². The van der Waals surface area contributed by atoms with Crippen molar-refractivity contribution < 1.29 is 23.1 Å². The van der Waals surface area contributed by atoms with Crippen LogP contribution < -0.4 is 4.72 Å². The van der Waals surface area contributed by atoms with Crippen LogP contribution in [0.1, 0.15) is 62.1 Å². The van der Waals surface area contributed by atoms with Crippen molar-refractivity contribution >= 4 is 21.7 Å². The molecule has 4 rings (SSSR count). The van der Waals surface area contributed by atoms with E-state index in [9.17, 15) is 18.3 Å². The Kier molecular flexibility index (Phi) is 9.22. The van der Waals surface area contributed by atoms with E-state index in [4.69, 9.17) is 10.00 Å². The first-order valence-electron chi connectivity index (χ1n) is 13.4. The Morgan fingerprint density at radius 3 is 2.52 bits per heavy atom. The summed E-state index contributed by atoms with van der Waals surface area (Å²) in [6.07, 6.45) is 6.01. The highest BCUT2D eigenvalue weighted by molar-refractivity contribution is 7.92. The summed E-state index contributed by atoms with van der Waals surface area (Å²) in [7, 11) is -3.97. The van der Waals surface area contributed by atoms with Crippen LogP contribution in [0.3, 0.4) is 0 Å². The number of hydrogen-bond donors (Lipinski definition) is 2. The van der Waals surface area contributed by atoms with Gasteiger partial charge in [0.25, 0.3) is 10.0 Å². The van der Waals surface area contributed by atoms with Crippen LogP contribution in [-0.4, -0.2) is 30.1 Å². The third-order valence-electron chi connectivity index (χ3n) is 7.02. The summed E-state index contributed by atoms with van der Waals surface area (Å²) in [6, 6.07) is 21.6. The summed E-state index contributed by atoms with van der Waals surface area (Å²) in [6.45, 7) is 2.04. The molecule has 1 aliphatic heterocycles. The number of cyclic esters (lactones) is 1. The fraction of sp³-hybridized carbons (Fsp3) is 0.323. The van der Waals surface area contributed by atoms with Crippen LogP contribution in [0.2, 0.25) is 0 Å². The number of hydrogen-bond acceptors (Lipinski definition) is 7. The topological polar surface area (TPSA) is 129 Å². The van der Waals surface area contributed by atoms with Gasteiger partial charge in [0.2, 0.25) is 0 Å². The number of nitrogens with one attached hydrogen (secondary N) is 1. The summed E-state index contributed by atoms with van der Waals surface area (Å²) in [4.78, 5) is 16.9. The molecule has 0 saturated carbocycles. The molecule has 9 heteroatoms. The van der Waals surface area contributed by atoms with Gasteiger partial charge < -0.3 is 9.84 Å². The monoisotopic (exact) mass is 559 g/mol. The molecule has 1 aromatic heterocycles. The highest BCUT2D eigenvalue weighted by Crippen LogP contribution is 2.38. The molecule has 2 N–H and O–H groups in total. The van der Waals surface area contributed by atoms with Gasteiger partial charge in [0, 0.05) is 18.3 Å². The number of anilines is 1. The van der Waals surface area contributed by atoms with Crippen molar-refractivity contribution in [1.29, 1.82) is 5.26 Å². The Balaban J connectivity index is 1.38. The number of aliphatic hydroxyl groups is 1. The standard InChI is InChI=1S/C31H33N3O5S/c1-2-16-31(17-14-23-8-4-3-5-9-23)21-28(35)27(30(36)39-31)13-7-11-24-10-6-12-26(19-24)34-40(37,38)29-20-25(22-32)15-18-33-29/h3-6,8-10,12,15,18-20,34-35H,2,7,11,13-14,16-17,21H2,1H3. The van der Waals surface area contributed by atoms with Gasteiger partial charge in [-0.15, -0.1) is 0 Å². The molecule has 0 radical (unpaired) electrons. The Morgan fingerprint density at radius 2 is 1.80 bits per heavy atom. The van der Waals surface area contributed by atoms with Crippen LogP contribution in [-0.2, 0) is 32.4 Å². The Hall–Kier alpha value is -4.16. The Morgan fingerprint density at radius 1 is 1.02 bits per heavy atom. The highest BCUT2D eigenvalue weighted by Gasteiger charge is 2.40. The van der Waals surface area contributed by atoms with E-state index in [1.165, 1.54) is 23.9 Å². The molecule has 3 aromatic rings. The van der Waals surface area contributed by atoms with Crippen molar-refractivity contribution in [3.63, 3.8) is 0 Å². The number of aromatic nitrogens is 1. The van der Waals surface area contributed by atoms with Gasteiger partial charge in [-0.3, -0.25) is 4.72 Å². The minimum absolute atomic E-state index is 0.103. The van der Waals surface area contributed by atoms with Crippen molar-refractivity contribution in [1.82, 2.24) is 4.98 Å². The smallest absolute Gasteiger partial charge is 0.337 e. The van der Waals surface area contributed by atoms with Gasteiger partial charge in [0.15, 0.2) is 5.03 Å². The average Bonchev–Trinajstić information content (AvgIpc) is 2.94. The van der Waals surface area contributed by atoms with Crippen LogP contribution in [0.5, 0.6) is 0 Å². The Labute approximate surface area is 235 Å². The molecule has 1 unspecified atom stereocenters. The lowest BCUT2D eigenvalue weighted by Gasteiger charge is -2.37. The number of esters is 1. The van der Waals surface area contributed by atoms with Crippen LogP contribution in [0, 0.1) is 11.3 Å². The normalized spacial score (nSPS) is 17.2. The number of benzene rings is 2. The third kappa shape index (κ3) is 7.27. The van der Waals surface area contributed by atoms with E-state index in [2.05, 4.69) is 21.8 Å². The van der Waals surface area contributed by atoms with Gasteiger partial charge in [-0.25, -0.2) is 9.78 Å². The van der Waals surface area contributed by atoms with Gasteiger partial charge >= 0.3 is 5.97 Å². The van der Waals surface area contributed by atoms with Gasteiger partial charge in [-0.1, -0.05) is 55.8 Å². The second-order valence-electron chi connectivity index (χ2n) is 10.1. The van der Waals surface area contributed by atoms with E-state index in [1.807, 2.05) is 37.3 Å². The quantitative estimate of drug-likeness (QED) is 0.260. The second-order valence-corrected chi connectivity index (χ2v) is 11.7. The molecule has 40 heavy (non-hydrogen) atoms. The van der Waals surface area contributed by atoms with E-state index in [0.29, 0.717) is 49.8 Å². The number of rotatable bonds is 12. The minimum atomic E-state index is -3.97. The molecule has 0 saturated heterocycles. The first-order chi connectivity index (χ1) is 19.2. The van der Waals surface area contributed by atoms with Crippen LogP contribution in [0.15, 0.2) is 89.3 Å². The van der Waals surface area contributed by atoms with Crippen molar-refractivity contribution in [2.75, 3.05) is 4.72 Å². The lowest BCUT2D eigenvalue weighted by atomic mass is 9.83. The maximum Gasteiger partial charge on any atom is 0.337 e. The molecular formula is C31H33N3O5S. The predicted molar refractivity (Wildman–Crippen MR) is 152 cm³/mol. The van der Waals surface area contributed by atoms with E-state index in [0.717, 1.165) is 18.4 Å². The summed E-state index contributed by atoms with van der Waals surface area (Å²) in [5, 5.41) is 19.7. The minimum Gasteiger partial charge on any atom is -0.512 e. The molecule has 0 fully saturated rings. The number of aryl methyl sites for hydroxylation is 2. The van der Waals surface area contributed by atoms with E-state index in [1.54, 1.807) is 18.2 Å². The van der Waals surface area contributed by atoms with Gasteiger partial charge in [0.1, 0.15) is 11.4 Å². The molecule has 0 amide bonds. The maximum absolute atomic E-state index is 13.0. The van der Waals surface area contributed by atoms with E-state index >= 15 is 0 Å². The molecule has 2 heterocycles. The van der Waals surface area contributed by atoms with Crippen molar-refractivity contribution in [3.8, 4) is 6.07 Å². The zero-order chi connectivity index (χ0) is 28.6. The third-order valence-corrected chi connectivity index (χ3v) is 8.30. The predicted octanol–water partition coefficient (Wildman–Crippen LogP) is 6.01. The van der Waals surface area contributed by atoms with E-state index in [-0.39, 0.29) is 16.3 Å². The largest absolute Gasteiger partial charge is 0.512 e. The zero-order valence-electron chi connectivity index (χ0n) is 22.5. The average molecular weight is 560 g/mol. The molecule has 0 spiro atoms. The fourth-order valence-electron chi connectivity index (χ4n) is 5.04. The highest BCUT2D eigenvalue weighted by atomic mass is 32.2. The molecule has 0 aliphatic carbocycles. The summed E-state index contributed by atoms with van der Waals surface area (Å²) < 4.78 is 34.0. The number of carbonyl (C=O) groups is 1. The lowest BCUT2D eigenvalue weighted by Crippen LogP contribution is -2.40.